The first kappa shape index (κ1) is 14.8. The number of halogens is 2. The summed E-state index contributed by atoms with van der Waals surface area (Å²) in [5.41, 5.74) is 1.68. The van der Waals surface area contributed by atoms with Crippen LogP contribution in [0.25, 0.3) is 11.0 Å². The number of imidazole rings is 1. The number of rotatable bonds is 2. The van der Waals surface area contributed by atoms with Crippen LogP contribution in [0.5, 0.6) is 0 Å². The van der Waals surface area contributed by atoms with Gasteiger partial charge in [0.25, 0.3) is 0 Å². The van der Waals surface area contributed by atoms with E-state index in [0.29, 0.717) is 12.0 Å². The monoisotopic (exact) mass is 309 g/mol. The zero-order chi connectivity index (χ0) is 15.1. The second-order valence-corrected chi connectivity index (χ2v) is 6.84. The summed E-state index contributed by atoms with van der Waals surface area (Å²) in [4.78, 5) is 6.97. The van der Waals surface area contributed by atoms with Crippen LogP contribution in [0.3, 0.4) is 0 Å². The lowest BCUT2D eigenvalue weighted by molar-refractivity contribution is 0.159. The number of piperidine rings is 1. The Labute approximate surface area is 129 Å². The molecule has 1 aromatic heterocycles. The highest BCUT2D eigenvalue weighted by atomic mass is 35.5. The molecule has 1 aliphatic rings. The highest BCUT2D eigenvalue weighted by molar-refractivity contribution is 6.20. The minimum atomic E-state index is -0.224. The Kier molecular flexibility index (Phi) is 3.93. The zero-order valence-corrected chi connectivity index (χ0v) is 13.4. The van der Waals surface area contributed by atoms with E-state index < -0.39 is 0 Å². The molecule has 0 saturated carbocycles. The molecule has 2 heterocycles. The van der Waals surface area contributed by atoms with Gasteiger partial charge in [-0.05, 0) is 51.1 Å². The van der Waals surface area contributed by atoms with E-state index >= 15 is 0 Å². The summed E-state index contributed by atoms with van der Waals surface area (Å²) in [5.74, 6) is 1.11. The van der Waals surface area contributed by atoms with Gasteiger partial charge >= 0.3 is 0 Å². The van der Waals surface area contributed by atoms with Gasteiger partial charge in [0, 0.05) is 12.6 Å². The molecule has 0 spiro atoms. The molecule has 0 radical (unpaired) electrons. The lowest BCUT2D eigenvalue weighted by atomic mass is 9.93. The minimum absolute atomic E-state index is 0.188. The Morgan fingerprint density at radius 3 is 2.86 bits per heavy atom. The maximum atomic E-state index is 13.7. The quantitative estimate of drug-likeness (QED) is 0.782. The lowest BCUT2D eigenvalue weighted by Crippen LogP contribution is -2.38. The van der Waals surface area contributed by atoms with Crippen molar-refractivity contribution in [2.45, 2.75) is 31.7 Å². The maximum Gasteiger partial charge on any atom is 0.127 e. The van der Waals surface area contributed by atoms with E-state index in [9.17, 15) is 4.39 Å². The zero-order valence-electron chi connectivity index (χ0n) is 12.7. The van der Waals surface area contributed by atoms with Crippen LogP contribution in [0, 0.1) is 11.7 Å². The smallest absolute Gasteiger partial charge is 0.127 e. The van der Waals surface area contributed by atoms with Gasteiger partial charge in [0.2, 0.25) is 0 Å². The number of aromatic nitrogens is 2. The van der Waals surface area contributed by atoms with Crippen LogP contribution in [0.1, 0.15) is 37.5 Å². The normalized spacial score (nSPS) is 25.4. The van der Waals surface area contributed by atoms with Crippen LogP contribution in [-0.2, 0) is 0 Å². The summed E-state index contributed by atoms with van der Waals surface area (Å²) >= 11 is 6.33. The fourth-order valence-corrected chi connectivity index (χ4v) is 3.59. The van der Waals surface area contributed by atoms with Gasteiger partial charge in [-0.1, -0.05) is 6.92 Å². The number of likely N-dealkylation sites (tertiary alicyclic amines) is 1. The SMILES string of the molecule is CC(Cl)c1nc2ccc(F)cc2n1C1CCN(C)CC1C. The van der Waals surface area contributed by atoms with Crippen molar-refractivity contribution in [2.24, 2.45) is 5.92 Å². The van der Waals surface area contributed by atoms with E-state index in [4.69, 9.17) is 11.6 Å². The average molecular weight is 310 g/mol. The summed E-state index contributed by atoms with van der Waals surface area (Å²) in [7, 11) is 2.14. The average Bonchev–Trinajstić information content (AvgIpc) is 2.77. The van der Waals surface area contributed by atoms with Crippen LogP contribution >= 0.6 is 11.6 Å². The first-order valence-electron chi connectivity index (χ1n) is 7.47. The molecule has 1 fully saturated rings. The molecule has 3 nitrogen and oxygen atoms in total. The Bertz CT molecular complexity index is 652. The number of hydrogen-bond donors (Lipinski definition) is 0. The lowest BCUT2D eigenvalue weighted by Gasteiger charge is -2.36. The molecule has 1 saturated heterocycles. The molecule has 21 heavy (non-hydrogen) atoms. The van der Waals surface area contributed by atoms with E-state index in [1.807, 2.05) is 6.92 Å². The number of benzene rings is 1. The summed E-state index contributed by atoms with van der Waals surface area (Å²) in [6, 6.07) is 5.10. The predicted octanol–water partition coefficient (Wildman–Crippen LogP) is 3.99. The molecule has 0 N–H and O–H groups in total. The van der Waals surface area contributed by atoms with Crippen molar-refractivity contribution in [1.82, 2.24) is 14.5 Å². The maximum absolute atomic E-state index is 13.7. The van der Waals surface area contributed by atoms with Crippen LogP contribution in [0.15, 0.2) is 18.2 Å². The molecule has 0 aliphatic carbocycles. The fourth-order valence-electron chi connectivity index (χ4n) is 3.44. The fraction of sp³-hybridized carbons (Fsp3) is 0.562. The van der Waals surface area contributed by atoms with E-state index in [-0.39, 0.29) is 11.2 Å². The first-order valence-corrected chi connectivity index (χ1v) is 7.91. The van der Waals surface area contributed by atoms with Gasteiger partial charge in [-0.25, -0.2) is 9.37 Å². The third-order valence-corrected chi connectivity index (χ3v) is 4.62. The molecular weight excluding hydrogens is 289 g/mol. The number of hydrogen-bond acceptors (Lipinski definition) is 2. The van der Waals surface area contributed by atoms with E-state index in [1.54, 1.807) is 12.1 Å². The molecule has 1 aliphatic heterocycles. The van der Waals surface area contributed by atoms with Crippen molar-refractivity contribution in [3.63, 3.8) is 0 Å². The van der Waals surface area contributed by atoms with Crippen molar-refractivity contribution in [1.29, 1.82) is 0 Å². The van der Waals surface area contributed by atoms with Crippen molar-refractivity contribution < 1.29 is 4.39 Å². The Balaban J connectivity index is 2.14. The van der Waals surface area contributed by atoms with Crippen molar-refractivity contribution >= 4 is 22.6 Å². The molecule has 3 unspecified atom stereocenters. The van der Waals surface area contributed by atoms with Crippen LogP contribution in [0.4, 0.5) is 4.39 Å². The van der Waals surface area contributed by atoms with Crippen LogP contribution < -0.4 is 0 Å². The molecule has 0 bridgehead atoms. The molecule has 0 amide bonds. The highest BCUT2D eigenvalue weighted by Crippen LogP contribution is 2.35. The molecule has 3 rings (SSSR count). The van der Waals surface area contributed by atoms with Crippen molar-refractivity contribution in [3.05, 3.63) is 29.8 Å². The molecule has 2 aromatic rings. The first-order chi connectivity index (χ1) is 9.97. The van der Waals surface area contributed by atoms with Gasteiger partial charge in [0.05, 0.1) is 16.4 Å². The minimum Gasteiger partial charge on any atom is -0.323 e. The standard InChI is InChI=1S/C16H21ClFN3/c1-10-9-20(3)7-6-14(10)21-15-8-12(18)4-5-13(15)19-16(21)11(2)17/h4-5,8,10-11,14H,6-7,9H2,1-3H3. The number of alkyl halides is 1. The Morgan fingerprint density at radius 1 is 1.43 bits per heavy atom. The summed E-state index contributed by atoms with van der Waals surface area (Å²) in [5, 5.41) is -0.188. The topological polar surface area (TPSA) is 21.1 Å². The van der Waals surface area contributed by atoms with E-state index in [1.165, 1.54) is 6.07 Å². The molecule has 5 heteroatoms. The van der Waals surface area contributed by atoms with Crippen molar-refractivity contribution in [3.8, 4) is 0 Å². The van der Waals surface area contributed by atoms with Gasteiger partial charge < -0.3 is 9.47 Å². The van der Waals surface area contributed by atoms with Gasteiger partial charge in [0.15, 0.2) is 0 Å². The van der Waals surface area contributed by atoms with Gasteiger partial charge in [0.1, 0.15) is 11.6 Å². The van der Waals surface area contributed by atoms with E-state index in [2.05, 4.69) is 28.4 Å². The molecule has 1 aromatic carbocycles. The number of fused-ring (bicyclic) bond motifs is 1. The highest BCUT2D eigenvalue weighted by Gasteiger charge is 2.29. The van der Waals surface area contributed by atoms with E-state index in [0.717, 1.165) is 36.4 Å². The van der Waals surface area contributed by atoms with Gasteiger partial charge in [-0.15, -0.1) is 11.6 Å². The molecular formula is C16H21ClFN3. The van der Waals surface area contributed by atoms with Crippen molar-refractivity contribution in [2.75, 3.05) is 20.1 Å². The molecule has 3 atom stereocenters. The van der Waals surface area contributed by atoms with Gasteiger partial charge in [-0.2, -0.15) is 0 Å². The largest absolute Gasteiger partial charge is 0.323 e. The Morgan fingerprint density at radius 2 is 2.19 bits per heavy atom. The molecule has 114 valence electrons. The summed E-state index contributed by atoms with van der Waals surface area (Å²) in [6.45, 7) is 6.25. The Hall–Kier alpha value is -1.13. The third kappa shape index (κ3) is 2.67. The predicted molar refractivity (Wildman–Crippen MR) is 84.3 cm³/mol. The second kappa shape index (κ2) is 5.58. The van der Waals surface area contributed by atoms with Gasteiger partial charge in [-0.3, -0.25) is 0 Å². The van der Waals surface area contributed by atoms with Crippen LogP contribution in [0.2, 0.25) is 0 Å². The number of nitrogens with zero attached hydrogens (tertiary/aromatic N) is 3. The third-order valence-electron chi connectivity index (χ3n) is 4.43. The summed E-state index contributed by atoms with van der Waals surface area (Å²) < 4.78 is 15.8. The summed E-state index contributed by atoms with van der Waals surface area (Å²) in [6.07, 6.45) is 1.04. The second-order valence-electron chi connectivity index (χ2n) is 6.18. The van der Waals surface area contributed by atoms with Crippen LogP contribution in [-0.4, -0.2) is 34.6 Å².